The molecule has 0 spiro atoms. The van der Waals surface area contributed by atoms with Crippen LogP contribution in [0.25, 0.3) is 0 Å². The van der Waals surface area contributed by atoms with Crippen LogP contribution in [-0.2, 0) is 4.79 Å². The fraction of sp³-hybridized carbons (Fsp3) is 0.857. The van der Waals surface area contributed by atoms with E-state index < -0.39 is 5.41 Å². The highest BCUT2D eigenvalue weighted by Crippen LogP contribution is 2.19. The molecule has 4 nitrogen and oxygen atoms in total. The van der Waals surface area contributed by atoms with E-state index in [1.165, 1.54) is 0 Å². The number of carbonyl (C=O) groups excluding carboxylic acids is 1. The lowest BCUT2D eigenvalue weighted by Gasteiger charge is -2.30. The van der Waals surface area contributed by atoms with Crippen molar-refractivity contribution in [2.45, 2.75) is 60.0 Å². The van der Waals surface area contributed by atoms with Gasteiger partial charge in [0.15, 0.2) is 0 Å². The molecule has 0 rings (SSSR count). The van der Waals surface area contributed by atoms with Gasteiger partial charge in [-0.3, -0.25) is 9.69 Å². The molecule has 0 fully saturated rings. The number of nitriles is 1. The van der Waals surface area contributed by atoms with E-state index in [4.69, 9.17) is 5.26 Å². The monoisotopic (exact) mass is 253 g/mol. The summed E-state index contributed by atoms with van der Waals surface area (Å²) >= 11 is 0. The molecule has 0 aliphatic heterocycles. The van der Waals surface area contributed by atoms with Crippen molar-refractivity contribution in [2.24, 2.45) is 5.41 Å². The van der Waals surface area contributed by atoms with Gasteiger partial charge in [-0.1, -0.05) is 6.92 Å². The molecule has 0 aromatic carbocycles. The Balaban J connectivity index is 4.28. The lowest BCUT2D eigenvalue weighted by molar-refractivity contribution is -0.127. The van der Waals surface area contributed by atoms with Crippen molar-refractivity contribution in [1.29, 1.82) is 5.26 Å². The van der Waals surface area contributed by atoms with Crippen molar-refractivity contribution in [3.05, 3.63) is 0 Å². The van der Waals surface area contributed by atoms with Crippen LogP contribution in [0.15, 0.2) is 0 Å². The molecule has 0 aliphatic carbocycles. The number of nitrogens with zero attached hydrogens (tertiary/aromatic N) is 2. The van der Waals surface area contributed by atoms with Crippen LogP contribution in [0.1, 0.15) is 48.0 Å². The summed E-state index contributed by atoms with van der Waals surface area (Å²) in [6, 6.07) is 2.99. The maximum atomic E-state index is 11.9. The van der Waals surface area contributed by atoms with Gasteiger partial charge in [0.25, 0.3) is 0 Å². The molecule has 1 amide bonds. The highest BCUT2D eigenvalue weighted by atomic mass is 16.2. The second-order valence-electron chi connectivity index (χ2n) is 5.48. The zero-order valence-electron chi connectivity index (χ0n) is 12.6. The van der Waals surface area contributed by atoms with Crippen LogP contribution < -0.4 is 5.32 Å². The molecular formula is C14H27N3O. The van der Waals surface area contributed by atoms with E-state index in [1.54, 1.807) is 6.92 Å². The normalized spacial score (nSPS) is 14.7. The fourth-order valence-corrected chi connectivity index (χ4v) is 1.90. The van der Waals surface area contributed by atoms with E-state index in [-0.39, 0.29) is 5.91 Å². The van der Waals surface area contributed by atoms with E-state index in [2.05, 4.69) is 44.0 Å². The molecule has 1 unspecified atom stereocenters. The van der Waals surface area contributed by atoms with Crippen LogP contribution >= 0.6 is 0 Å². The van der Waals surface area contributed by atoms with Crippen molar-refractivity contribution < 1.29 is 4.79 Å². The first-order chi connectivity index (χ1) is 8.28. The molecule has 1 atom stereocenters. The van der Waals surface area contributed by atoms with Crippen LogP contribution in [0.3, 0.4) is 0 Å². The number of hydrogen-bond donors (Lipinski definition) is 1. The summed E-state index contributed by atoms with van der Waals surface area (Å²) in [6.45, 7) is 13.5. The molecular weight excluding hydrogens is 226 g/mol. The Kier molecular flexibility index (Phi) is 6.93. The van der Waals surface area contributed by atoms with E-state index in [0.29, 0.717) is 25.0 Å². The van der Waals surface area contributed by atoms with E-state index in [0.717, 1.165) is 6.54 Å². The zero-order valence-corrected chi connectivity index (χ0v) is 12.6. The van der Waals surface area contributed by atoms with Crippen molar-refractivity contribution in [2.75, 3.05) is 13.1 Å². The number of nitrogens with one attached hydrogen (secondary N) is 1. The second kappa shape index (κ2) is 7.38. The van der Waals surface area contributed by atoms with E-state index in [9.17, 15) is 4.79 Å². The molecule has 0 aromatic heterocycles. The second-order valence-corrected chi connectivity index (χ2v) is 5.48. The largest absolute Gasteiger partial charge is 0.353 e. The van der Waals surface area contributed by atoms with Crippen LogP contribution in [0.5, 0.6) is 0 Å². The lowest BCUT2D eigenvalue weighted by Crippen LogP contribution is -2.45. The minimum Gasteiger partial charge on any atom is -0.353 e. The number of carbonyl (C=O) groups is 1. The van der Waals surface area contributed by atoms with Gasteiger partial charge in [0, 0.05) is 25.2 Å². The molecule has 0 heterocycles. The average Bonchev–Trinajstić information content (AvgIpc) is 2.32. The van der Waals surface area contributed by atoms with Crippen molar-refractivity contribution in [3.8, 4) is 6.07 Å². The van der Waals surface area contributed by atoms with Gasteiger partial charge in [0.1, 0.15) is 5.41 Å². The Labute approximate surface area is 111 Å². The Bertz CT molecular complexity index is 299. The van der Waals surface area contributed by atoms with E-state index in [1.807, 2.05) is 6.92 Å². The Morgan fingerprint density at radius 2 is 1.83 bits per heavy atom. The highest BCUT2D eigenvalue weighted by molar-refractivity contribution is 5.84. The van der Waals surface area contributed by atoms with Gasteiger partial charge < -0.3 is 5.32 Å². The van der Waals surface area contributed by atoms with Gasteiger partial charge in [-0.25, -0.2) is 0 Å². The summed E-state index contributed by atoms with van der Waals surface area (Å²) in [4.78, 5) is 14.2. The van der Waals surface area contributed by atoms with Gasteiger partial charge in [-0.05, 0) is 41.0 Å². The average molecular weight is 253 g/mol. The molecule has 104 valence electrons. The van der Waals surface area contributed by atoms with Crippen molar-refractivity contribution in [3.63, 3.8) is 0 Å². The Morgan fingerprint density at radius 1 is 1.33 bits per heavy atom. The van der Waals surface area contributed by atoms with Crippen LogP contribution in [0, 0.1) is 16.7 Å². The third-order valence-corrected chi connectivity index (χ3v) is 3.44. The number of rotatable bonds is 7. The van der Waals surface area contributed by atoms with Crippen LogP contribution in [-0.4, -0.2) is 36.0 Å². The molecule has 0 aromatic rings. The summed E-state index contributed by atoms with van der Waals surface area (Å²) in [5, 5.41) is 11.9. The third-order valence-electron chi connectivity index (χ3n) is 3.44. The van der Waals surface area contributed by atoms with Gasteiger partial charge in [-0.15, -0.1) is 0 Å². The SMILES string of the molecule is CCC(C)(C#N)C(=O)NCCN(C(C)C)C(C)C. The van der Waals surface area contributed by atoms with Crippen LogP contribution in [0.4, 0.5) is 0 Å². The molecule has 0 bridgehead atoms. The summed E-state index contributed by atoms with van der Waals surface area (Å²) in [6.07, 6.45) is 0.535. The molecule has 0 radical (unpaired) electrons. The molecule has 1 N–H and O–H groups in total. The summed E-state index contributed by atoms with van der Waals surface area (Å²) in [7, 11) is 0. The van der Waals surface area contributed by atoms with Crippen molar-refractivity contribution >= 4 is 5.91 Å². The van der Waals surface area contributed by atoms with E-state index >= 15 is 0 Å². The predicted octanol–water partition coefficient (Wildman–Crippen LogP) is 2.16. The maximum Gasteiger partial charge on any atom is 0.240 e. The Hall–Kier alpha value is -1.08. The summed E-state index contributed by atoms with van der Waals surface area (Å²) < 4.78 is 0. The maximum absolute atomic E-state index is 11.9. The zero-order chi connectivity index (χ0) is 14.3. The van der Waals surface area contributed by atoms with Crippen molar-refractivity contribution in [1.82, 2.24) is 10.2 Å². The smallest absolute Gasteiger partial charge is 0.240 e. The first kappa shape index (κ1) is 16.9. The van der Waals surface area contributed by atoms with Gasteiger partial charge in [0.2, 0.25) is 5.91 Å². The lowest BCUT2D eigenvalue weighted by atomic mass is 9.88. The molecule has 4 heteroatoms. The molecule has 0 aliphatic rings. The first-order valence-corrected chi connectivity index (χ1v) is 6.73. The molecule has 18 heavy (non-hydrogen) atoms. The standard InChI is InChI=1S/C14H27N3O/c1-7-14(6,10-15)13(18)16-8-9-17(11(2)3)12(4)5/h11-12H,7-9H2,1-6H3,(H,16,18). The minimum absolute atomic E-state index is 0.167. The third kappa shape index (κ3) is 4.66. The molecule has 0 saturated heterocycles. The van der Waals surface area contributed by atoms with Gasteiger partial charge in [-0.2, -0.15) is 5.26 Å². The minimum atomic E-state index is -0.902. The van der Waals surface area contributed by atoms with Crippen LogP contribution in [0.2, 0.25) is 0 Å². The number of amides is 1. The number of hydrogen-bond acceptors (Lipinski definition) is 3. The predicted molar refractivity (Wildman–Crippen MR) is 74.0 cm³/mol. The summed E-state index contributed by atoms with van der Waals surface area (Å²) in [5.74, 6) is -0.167. The topological polar surface area (TPSA) is 56.1 Å². The van der Waals surface area contributed by atoms with Gasteiger partial charge in [0.05, 0.1) is 6.07 Å². The highest BCUT2D eigenvalue weighted by Gasteiger charge is 2.30. The fourth-order valence-electron chi connectivity index (χ4n) is 1.90. The Morgan fingerprint density at radius 3 is 2.17 bits per heavy atom. The summed E-state index contributed by atoms with van der Waals surface area (Å²) in [5.41, 5.74) is -0.902. The first-order valence-electron chi connectivity index (χ1n) is 6.73. The molecule has 0 saturated carbocycles. The quantitative estimate of drug-likeness (QED) is 0.756. The van der Waals surface area contributed by atoms with Gasteiger partial charge >= 0.3 is 0 Å².